The molecule has 0 aromatic heterocycles. The predicted molar refractivity (Wildman–Crippen MR) is 51.4 cm³/mol. The lowest BCUT2D eigenvalue weighted by molar-refractivity contribution is 1.04. The minimum Gasteiger partial charge on any atom is -0.0704 e. The Balaban J connectivity index is 4.46. The lowest BCUT2D eigenvalue weighted by atomic mass is 10.0. The molecule has 0 spiro atoms. The van der Waals surface area contributed by atoms with Gasteiger partial charge in [0.1, 0.15) is 0 Å². The van der Waals surface area contributed by atoms with Crippen molar-refractivity contribution in [3.8, 4) is 0 Å². The van der Waals surface area contributed by atoms with Crippen molar-refractivity contribution in [3.05, 3.63) is 22.8 Å². The van der Waals surface area contributed by atoms with Crippen LogP contribution in [0.4, 0.5) is 0 Å². The van der Waals surface area contributed by atoms with Gasteiger partial charge in [0.15, 0.2) is 0 Å². The zero-order valence-corrected chi connectivity index (χ0v) is 8.41. The topological polar surface area (TPSA) is 0 Å². The average molecular weight is 151 g/mol. The smallest absolute Gasteiger partial charge is 0.0302 e. The van der Waals surface area contributed by atoms with E-state index in [-0.39, 0.29) is 0 Å². The van der Waals surface area contributed by atoms with Gasteiger partial charge in [0.2, 0.25) is 0 Å². The highest BCUT2D eigenvalue weighted by molar-refractivity contribution is 5.29. The van der Waals surface area contributed by atoms with Gasteiger partial charge < -0.3 is 0 Å². The van der Waals surface area contributed by atoms with E-state index >= 15 is 0 Å². The largest absolute Gasteiger partial charge is 0.0704 e. The summed E-state index contributed by atoms with van der Waals surface area (Å²) in [6.45, 7) is 10.8. The Bertz CT molecular complexity index is 170. The molecule has 0 heterocycles. The fourth-order valence-electron chi connectivity index (χ4n) is 0.983. The van der Waals surface area contributed by atoms with Crippen LogP contribution in [0.15, 0.2) is 16.7 Å². The molecule has 0 saturated carbocycles. The zero-order chi connectivity index (χ0) is 8.85. The Labute approximate surface area is 71.0 Å². The second kappa shape index (κ2) is 5.17. The minimum atomic E-state index is 1.01. The molecule has 0 amide bonds. The second-order valence-electron chi connectivity index (χ2n) is 2.91. The van der Waals surface area contributed by atoms with Crippen LogP contribution in [0.2, 0.25) is 0 Å². The first-order valence-corrected chi connectivity index (χ1v) is 4.37. The van der Waals surface area contributed by atoms with Crippen molar-refractivity contribution in [3.63, 3.8) is 0 Å². The molecule has 0 aromatic carbocycles. The summed E-state index contributed by atoms with van der Waals surface area (Å²) in [7, 11) is 0. The van der Waals surface area contributed by atoms with Crippen LogP contribution in [0, 0.1) is 6.08 Å². The lowest BCUT2D eigenvalue weighted by Gasteiger charge is -2.05. The van der Waals surface area contributed by atoms with Crippen molar-refractivity contribution >= 4 is 0 Å². The van der Waals surface area contributed by atoms with E-state index < -0.39 is 0 Å². The first-order chi connectivity index (χ1) is 5.13. The molecule has 63 valence electrons. The Hall–Kier alpha value is -0.520. The third-order valence-electron chi connectivity index (χ3n) is 2.17. The first-order valence-electron chi connectivity index (χ1n) is 4.37. The molecule has 11 heavy (non-hydrogen) atoms. The van der Waals surface area contributed by atoms with Gasteiger partial charge in [-0.05, 0) is 50.8 Å². The van der Waals surface area contributed by atoms with E-state index in [1.807, 2.05) is 0 Å². The molecule has 0 bridgehead atoms. The van der Waals surface area contributed by atoms with Crippen molar-refractivity contribution in [1.29, 1.82) is 0 Å². The quantitative estimate of drug-likeness (QED) is 0.537. The Morgan fingerprint density at radius 2 is 1.64 bits per heavy atom. The molecule has 0 heteroatoms. The van der Waals surface area contributed by atoms with Crippen LogP contribution in [0.3, 0.4) is 0 Å². The van der Waals surface area contributed by atoms with Crippen molar-refractivity contribution in [2.45, 2.75) is 47.5 Å². The Morgan fingerprint density at radius 3 is 2.00 bits per heavy atom. The monoisotopic (exact) mass is 151 g/mol. The molecule has 0 atom stereocenters. The molecule has 0 rings (SSSR count). The summed E-state index contributed by atoms with van der Waals surface area (Å²) in [5, 5.41) is 0. The van der Waals surface area contributed by atoms with Crippen molar-refractivity contribution in [2.75, 3.05) is 0 Å². The maximum atomic E-state index is 3.32. The van der Waals surface area contributed by atoms with E-state index in [4.69, 9.17) is 0 Å². The van der Waals surface area contributed by atoms with Crippen LogP contribution in [0.5, 0.6) is 0 Å². The lowest BCUT2D eigenvalue weighted by Crippen LogP contribution is -1.85. The van der Waals surface area contributed by atoms with E-state index in [1.54, 1.807) is 0 Å². The highest BCUT2D eigenvalue weighted by atomic mass is 14.0. The van der Waals surface area contributed by atoms with Crippen molar-refractivity contribution in [1.82, 2.24) is 0 Å². The predicted octanol–water partition coefficient (Wildman–Crippen LogP) is 3.89. The molecule has 0 aromatic rings. The van der Waals surface area contributed by atoms with Crippen molar-refractivity contribution < 1.29 is 0 Å². The summed E-state index contributed by atoms with van der Waals surface area (Å²) < 4.78 is 0. The molecule has 0 aliphatic carbocycles. The number of hydrogen-bond donors (Lipinski definition) is 0. The van der Waals surface area contributed by atoms with E-state index in [2.05, 4.69) is 40.7 Å². The second-order valence-corrected chi connectivity index (χ2v) is 2.91. The first kappa shape index (κ1) is 10.5. The maximum Gasteiger partial charge on any atom is -0.0302 e. The van der Waals surface area contributed by atoms with E-state index in [9.17, 15) is 0 Å². The summed E-state index contributed by atoms with van der Waals surface area (Å²) in [6, 6.07) is 0. The molecule has 0 nitrogen and oxygen atoms in total. The molecule has 1 radical (unpaired) electrons. The Kier molecular flexibility index (Phi) is 4.93. The van der Waals surface area contributed by atoms with Crippen LogP contribution in [-0.4, -0.2) is 0 Å². The van der Waals surface area contributed by atoms with Gasteiger partial charge in [-0.3, -0.25) is 0 Å². The highest BCUT2D eigenvalue weighted by Crippen LogP contribution is 2.15. The van der Waals surface area contributed by atoms with E-state index in [1.165, 1.54) is 16.7 Å². The summed E-state index contributed by atoms with van der Waals surface area (Å²) in [6.07, 6.45) is 5.48. The number of rotatable bonds is 3. The van der Waals surface area contributed by atoms with Crippen LogP contribution in [0.1, 0.15) is 47.5 Å². The highest BCUT2D eigenvalue weighted by Gasteiger charge is 1.95. The summed E-state index contributed by atoms with van der Waals surface area (Å²) in [5.74, 6) is 0. The molecule has 0 saturated heterocycles. The zero-order valence-electron chi connectivity index (χ0n) is 8.41. The fourth-order valence-corrected chi connectivity index (χ4v) is 0.983. The van der Waals surface area contributed by atoms with Gasteiger partial charge in [0.05, 0.1) is 0 Å². The number of allylic oxidation sites excluding steroid dienone is 4. The maximum absolute atomic E-state index is 3.32. The SMILES string of the molecule is CC/[C]=C(C)\C(C)=C(/C)CC. The fraction of sp³-hybridized carbons (Fsp3) is 0.636. The van der Waals surface area contributed by atoms with Gasteiger partial charge in [-0.1, -0.05) is 19.4 Å². The Morgan fingerprint density at radius 1 is 1.09 bits per heavy atom. The molecule has 0 fully saturated rings. The standard InChI is InChI=1S/C11H19/c1-6-8-10(4)11(5)9(3)7-2/h6-7H2,1-5H3/b10-8?,11-9+. The van der Waals surface area contributed by atoms with Crippen LogP contribution in [0.25, 0.3) is 0 Å². The molecule has 0 aliphatic heterocycles. The third kappa shape index (κ3) is 3.41. The van der Waals surface area contributed by atoms with Gasteiger partial charge in [-0.15, -0.1) is 0 Å². The summed E-state index contributed by atoms with van der Waals surface area (Å²) in [5.41, 5.74) is 4.20. The van der Waals surface area contributed by atoms with Crippen LogP contribution < -0.4 is 0 Å². The number of hydrogen-bond acceptors (Lipinski definition) is 0. The van der Waals surface area contributed by atoms with Gasteiger partial charge in [-0.2, -0.15) is 0 Å². The van der Waals surface area contributed by atoms with Gasteiger partial charge in [0.25, 0.3) is 0 Å². The normalized spacial score (nSPS) is 14.8. The summed E-state index contributed by atoms with van der Waals surface area (Å²) in [4.78, 5) is 0. The molecular formula is C11H19. The van der Waals surface area contributed by atoms with E-state index in [0.717, 1.165) is 12.8 Å². The van der Waals surface area contributed by atoms with Gasteiger partial charge in [0, 0.05) is 0 Å². The molecular weight excluding hydrogens is 132 g/mol. The molecule has 0 N–H and O–H groups in total. The third-order valence-corrected chi connectivity index (χ3v) is 2.17. The minimum absolute atomic E-state index is 1.01. The summed E-state index contributed by atoms with van der Waals surface area (Å²) >= 11 is 0. The van der Waals surface area contributed by atoms with Crippen LogP contribution in [-0.2, 0) is 0 Å². The molecule has 0 unspecified atom stereocenters. The average Bonchev–Trinajstić information content (AvgIpc) is 2.02. The molecule has 0 aliphatic rings. The van der Waals surface area contributed by atoms with Crippen molar-refractivity contribution in [2.24, 2.45) is 0 Å². The van der Waals surface area contributed by atoms with E-state index in [0.29, 0.717) is 0 Å². The van der Waals surface area contributed by atoms with Gasteiger partial charge >= 0.3 is 0 Å². The van der Waals surface area contributed by atoms with Crippen LogP contribution >= 0.6 is 0 Å². The van der Waals surface area contributed by atoms with Gasteiger partial charge in [-0.25, -0.2) is 0 Å².